The predicted molar refractivity (Wildman–Crippen MR) is 84.1 cm³/mol. The Morgan fingerprint density at radius 2 is 2.04 bits per heavy atom. The number of primary amides is 1. The van der Waals surface area contributed by atoms with Crippen molar-refractivity contribution in [1.29, 1.82) is 0 Å². The lowest BCUT2D eigenvalue weighted by Crippen LogP contribution is -2.35. The van der Waals surface area contributed by atoms with Gasteiger partial charge >= 0.3 is 0 Å². The summed E-state index contributed by atoms with van der Waals surface area (Å²) in [6, 6.07) is 1.30. The van der Waals surface area contributed by atoms with Gasteiger partial charge in [0.15, 0.2) is 5.76 Å². The lowest BCUT2D eigenvalue weighted by Gasteiger charge is -2.26. The Labute approximate surface area is 135 Å². The molecule has 0 unspecified atom stereocenters. The van der Waals surface area contributed by atoms with Crippen molar-refractivity contribution in [2.45, 2.75) is 32.7 Å². The zero-order chi connectivity index (χ0) is 17.0. The molecule has 1 aromatic heterocycles. The fourth-order valence-corrected chi connectivity index (χ4v) is 2.71. The van der Waals surface area contributed by atoms with Crippen molar-refractivity contribution in [3.8, 4) is 5.75 Å². The SMILES string of the molecule is CC(C)[C@H](CC(N)=O)c1oc(CN2CCOCC2)cc(=O)c1O. The minimum atomic E-state index is -0.496. The Bertz CT molecular complexity index is 605. The maximum atomic E-state index is 12.0. The molecule has 7 heteroatoms. The van der Waals surface area contributed by atoms with E-state index in [0.29, 0.717) is 25.5 Å². The second kappa shape index (κ2) is 7.61. The van der Waals surface area contributed by atoms with E-state index in [2.05, 4.69) is 4.90 Å². The highest BCUT2D eigenvalue weighted by Crippen LogP contribution is 2.32. The van der Waals surface area contributed by atoms with E-state index in [1.165, 1.54) is 6.07 Å². The van der Waals surface area contributed by atoms with E-state index in [-0.39, 0.29) is 18.1 Å². The Kier molecular flexibility index (Phi) is 5.79. The third-order valence-corrected chi connectivity index (χ3v) is 4.05. The number of aromatic hydroxyl groups is 1. The standard InChI is InChI=1S/C16H24N2O5/c1-10(2)12(8-14(17)20)16-15(21)13(19)7-11(23-16)9-18-3-5-22-6-4-18/h7,10,12,21H,3-6,8-9H2,1-2H3,(H2,17,20)/t12-/m0/s1. The van der Waals surface area contributed by atoms with Crippen molar-refractivity contribution in [3.05, 3.63) is 27.8 Å². The number of morpholine rings is 1. The highest BCUT2D eigenvalue weighted by molar-refractivity contribution is 5.74. The summed E-state index contributed by atoms with van der Waals surface area (Å²) in [7, 11) is 0. The van der Waals surface area contributed by atoms with Crippen LogP contribution in [-0.4, -0.2) is 42.2 Å². The maximum Gasteiger partial charge on any atom is 0.227 e. The van der Waals surface area contributed by atoms with Gasteiger partial charge in [-0.25, -0.2) is 0 Å². The first kappa shape index (κ1) is 17.5. The lowest BCUT2D eigenvalue weighted by molar-refractivity contribution is -0.118. The number of hydrogen-bond acceptors (Lipinski definition) is 6. The molecule has 1 fully saturated rings. The summed E-state index contributed by atoms with van der Waals surface area (Å²) in [6.07, 6.45) is 0.0230. The second-order valence-corrected chi connectivity index (χ2v) is 6.20. The van der Waals surface area contributed by atoms with Crippen molar-refractivity contribution >= 4 is 5.91 Å². The largest absolute Gasteiger partial charge is 0.502 e. The highest BCUT2D eigenvalue weighted by Gasteiger charge is 2.26. The Hall–Kier alpha value is -1.86. The van der Waals surface area contributed by atoms with Crippen LogP contribution < -0.4 is 11.2 Å². The first-order chi connectivity index (χ1) is 10.9. The van der Waals surface area contributed by atoms with E-state index in [9.17, 15) is 14.7 Å². The number of nitrogens with zero attached hydrogens (tertiary/aromatic N) is 1. The van der Waals surface area contributed by atoms with Gasteiger partial charge in [0.25, 0.3) is 0 Å². The second-order valence-electron chi connectivity index (χ2n) is 6.20. The van der Waals surface area contributed by atoms with Crippen LogP contribution in [0.3, 0.4) is 0 Å². The van der Waals surface area contributed by atoms with Gasteiger partial charge in [-0.2, -0.15) is 0 Å². The average Bonchev–Trinajstić information content (AvgIpc) is 2.49. The number of carbonyl (C=O) groups excluding carboxylic acids is 1. The molecule has 1 amide bonds. The molecule has 1 atom stereocenters. The minimum absolute atomic E-state index is 0.00446. The summed E-state index contributed by atoms with van der Waals surface area (Å²) >= 11 is 0. The summed E-state index contributed by atoms with van der Waals surface area (Å²) in [4.78, 5) is 25.4. The summed E-state index contributed by atoms with van der Waals surface area (Å²) in [5.74, 6) is -0.741. The molecule has 1 aliphatic heterocycles. The molecule has 0 bridgehead atoms. The van der Waals surface area contributed by atoms with Crippen molar-refractivity contribution < 1.29 is 19.1 Å². The molecule has 0 aromatic carbocycles. The van der Waals surface area contributed by atoms with E-state index in [4.69, 9.17) is 14.9 Å². The topological polar surface area (TPSA) is 106 Å². The van der Waals surface area contributed by atoms with E-state index in [0.717, 1.165) is 13.1 Å². The molecule has 0 spiro atoms. The van der Waals surface area contributed by atoms with Crippen molar-refractivity contribution in [2.75, 3.05) is 26.3 Å². The molecule has 1 aromatic rings. The van der Waals surface area contributed by atoms with Crippen LogP contribution in [0.5, 0.6) is 5.75 Å². The van der Waals surface area contributed by atoms with Crippen molar-refractivity contribution in [2.24, 2.45) is 11.7 Å². The lowest BCUT2D eigenvalue weighted by atomic mass is 9.89. The molecule has 0 saturated carbocycles. The normalized spacial score (nSPS) is 17.3. The van der Waals surface area contributed by atoms with Gasteiger partial charge in [-0.3, -0.25) is 14.5 Å². The van der Waals surface area contributed by atoms with E-state index in [1.54, 1.807) is 0 Å². The fraction of sp³-hybridized carbons (Fsp3) is 0.625. The number of nitrogens with two attached hydrogens (primary N) is 1. The Morgan fingerprint density at radius 1 is 1.39 bits per heavy atom. The van der Waals surface area contributed by atoms with Crippen molar-refractivity contribution in [1.82, 2.24) is 4.90 Å². The molecule has 0 radical (unpaired) electrons. The van der Waals surface area contributed by atoms with E-state index < -0.39 is 23.0 Å². The fourth-order valence-electron chi connectivity index (χ4n) is 2.71. The maximum absolute atomic E-state index is 12.0. The number of rotatable bonds is 6. The number of hydrogen-bond donors (Lipinski definition) is 2. The third-order valence-electron chi connectivity index (χ3n) is 4.05. The molecule has 1 saturated heterocycles. The highest BCUT2D eigenvalue weighted by atomic mass is 16.5. The van der Waals surface area contributed by atoms with Crippen LogP contribution in [0.2, 0.25) is 0 Å². The monoisotopic (exact) mass is 324 g/mol. The summed E-state index contributed by atoms with van der Waals surface area (Å²) in [6.45, 7) is 7.05. The zero-order valence-electron chi connectivity index (χ0n) is 13.6. The Balaban J connectivity index is 2.30. The number of amides is 1. The molecule has 1 aliphatic rings. The smallest absolute Gasteiger partial charge is 0.227 e. The number of carbonyl (C=O) groups is 1. The molecule has 23 heavy (non-hydrogen) atoms. The van der Waals surface area contributed by atoms with Gasteiger partial charge in [0, 0.05) is 31.5 Å². The van der Waals surface area contributed by atoms with Gasteiger partial charge in [-0.15, -0.1) is 0 Å². The van der Waals surface area contributed by atoms with Gasteiger partial charge < -0.3 is 20.0 Å². The minimum Gasteiger partial charge on any atom is -0.502 e. The predicted octanol–water partition coefficient (Wildman–Crippen LogP) is 0.793. The molecule has 0 aliphatic carbocycles. The van der Waals surface area contributed by atoms with Crippen LogP contribution >= 0.6 is 0 Å². The summed E-state index contributed by atoms with van der Waals surface area (Å²) < 4.78 is 11.1. The van der Waals surface area contributed by atoms with E-state index in [1.807, 2.05) is 13.8 Å². The summed E-state index contributed by atoms with van der Waals surface area (Å²) in [5, 5.41) is 10.1. The van der Waals surface area contributed by atoms with Crippen LogP contribution in [0.4, 0.5) is 0 Å². The van der Waals surface area contributed by atoms with Gasteiger partial charge in [0.05, 0.1) is 19.8 Å². The van der Waals surface area contributed by atoms with Gasteiger partial charge in [0.1, 0.15) is 5.76 Å². The molecule has 7 nitrogen and oxygen atoms in total. The molecular weight excluding hydrogens is 300 g/mol. The van der Waals surface area contributed by atoms with Crippen LogP contribution in [0.1, 0.15) is 37.7 Å². The molecule has 2 rings (SSSR count). The molecule has 128 valence electrons. The van der Waals surface area contributed by atoms with Gasteiger partial charge in [-0.1, -0.05) is 13.8 Å². The molecule has 3 N–H and O–H groups in total. The van der Waals surface area contributed by atoms with Crippen LogP contribution in [0, 0.1) is 5.92 Å². The van der Waals surface area contributed by atoms with E-state index >= 15 is 0 Å². The van der Waals surface area contributed by atoms with Crippen molar-refractivity contribution in [3.63, 3.8) is 0 Å². The Morgan fingerprint density at radius 3 is 2.61 bits per heavy atom. The van der Waals surface area contributed by atoms with Gasteiger partial charge in [-0.05, 0) is 5.92 Å². The number of ether oxygens (including phenoxy) is 1. The molecular formula is C16H24N2O5. The van der Waals surface area contributed by atoms with Crippen LogP contribution in [0.15, 0.2) is 15.3 Å². The third kappa shape index (κ3) is 4.56. The summed E-state index contributed by atoms with van der Waals surface area (Å²) in [5.41, 5.74) is 4.79. The van der Waals surface area contributed by atoms with Crippen LogP contribution in [0.25, 0.3) is 0 Å². The van der Waals surface area contributed by atoms with Crippen LogP contribution in [-0.2, 0) is 16.1 Å². The zero-order valence-corrected chi connectivity index (χ0v) is 13.6. The average molecular weight is 324 g/mol. The quantitative estimate of drug-likeness (QED) is 0.801. The molecule has 2 heterocycles. The van der Waals surface area contributed by atoms with Gasteiger partial charge in [0.2, 0.25) is 17.1 Å². The first-order valence-electron chi connectivity index (χ1n) is 7.82. The first-order valence-corrected chi connectivity index (χ1v) is 7.82.